The van der Waals surface area contributed by atoms with Gasteiger partial charge in [0, 0.05) is 29.5 Å². The predicted octanol–water partition coefficient (Wildman–Crippen LogP) is 2.36. The van der Waals surface area contributed by atoms with Crippen LogP contribution in [0.1, 0.15) is 35.6 Å². The Labute approximate surface area is 120 Å². The smallest absolute Gasteiger partial charge is 0.0897 e. The van der Waals surface area contributed by atoms with Gasteiger partial charge in [-0.3, -0.25) is 0 Å². The third kappa shape index (κ3) is 4.88. The lowest BCUT2D eigenvalue weighted by molar-refractivity contribution is 0.0261. The fraction of sp³-hybridized carbons (Fsp3) is 0.733. The van der Waals surface area contributed by atoms with Crippen LogP contribution in [-0.2, 0) is 24.1 Å². The van der Waals surface area contributed by atoms with E-state index >= 15 is 0 Å². The van der Waals surface area contributed by atoms with E-state index in [4.69, 9.17) is 4.74 Å². The molecule has 0 saturated carbocycles. The minimum atomic E-state index is -0.412. The molecule has 1 aromatic heterocycles. The summed E-state index contributed by atoms with van der Waals surface area (Å²) in [4.78, 5) is 2.96. The second-order valence-corrected chi connectivity index (χ2v) is 6.95. The normalized spacial score (nSPS) is 16.0. The maximum Gasteiger partial charge on any atom is 0.0897 e. The minimum Gasteiger partial charge on any atom is -0.389 e. The first-order chi connectivity index (χ1) is 9.15. The number of aryl methyl sites for hydroxylation is 2. The lowest BCUT2D eigenvalue weighted by Gasteiger charge is -2.13. The van der Waals surface area contributed by atoms with Crippen LogP contribution in [-0.4, -0.2) is 31.0 Å². The Bertz CT molecular complexity index is 368. The van der Waals surface area contributed by atoms with Crippen LogP contribution >= 0.6 is 11.3 Å². The first kappa shape index (κ1) is 15.0. The van der Waals surface area contributed by atoms with Gasteiger partial charge in [-0.2, -0.15) is 0 Å². The van der Waals surface area contributed by atoms with Gasteiger partial charge in [0.15, 0.2) is 0 Å². The molecule has 1 aliphatic carbocycles. The van der Waals surface area contributed by atoms with Gasteiger partial charge < -0.3 is 15.2 Å². The lowest BCUT2D eigenvalue weighted by Crippen LogP contribution is -2.30. The second kappa shape index (κ2) is 7.39. The molecule has 0 amide bonds. The van der Waals surface area contributed by atoms with Crippen LogP contribution in [0, 0.1) is 5.92 Å². The monoisotopic (exact) mass is 283 g/mol. The van der Waals surface area contributed by atoms with Gasteiger partial charge in [0.1, 0.15) is 0 Å². The zero-order valence-corrected chi connectivity index (χ0v) is 12.8. The van der Waals surface area contributed by atoms with E-state index in [9.17, 15) is 5.11 Å². The highest BCUT2D eigenvalue weighted by Crippen LogP contribution is 2.30. The summed E-state index contributed by atoms with van der Waals surface area (Å²) in [5, 5.41) is 13.1. The summed E-state index contributed by atoms with van der Waals surface area (Å²) in [5.41, 5.74) is 1.54. The molecule has 0 spiro atoms. The molecule has 1 unspecified atom stereocenters. The maximum absolute atomic E-state index is 9.77. The van der Waals surface area contributed by atoms with E-state index in [0.29, 0.717) is 25.7 Å². The highest BCUT2D eigenvalue weighted by atomic mass is 32.1. The first-order valence-electron chi connectivity index (χ1n) is 7.22. The molecule has 1 atom stereocenters. The van der Waals surface area contributed by atoms with Gasteiger partial charge in [0.2, 0.25) is 0 Å². The fourth-order valence-electron chi connectivity index (χ4n) is 2.34. The Kier molecular flexibility index (Phi) is 5.82. The number of hydrogen-bond acceptors (Lipinski definition) is 4. The molecule has 1 aromatic rings. The summed E-state index contributed by atoms with van der Waals surface area (Å²) in [6.07, 6.45) is 3.41. The van der Waals surface area contributed by atoms with Crippen LogP contribution in [0.2, 0.25) is 0 Å². The van der Waals surface area contributed by atoms with Crippen LogP contribution in [0.25, 0.3) is 0 Å². The summed E-state index contributed by atoms with van der Waals surface area (Å²) < 4.78 is 5.42. The summed E-state index contributed by atoms with van der Waals surface area (Å²) in [7, 11) is 0. The molecule has 0 fully saturated rings. The number of nitrogens with one attached hydrogen (secondary N) is 1. The molecule has 3 nitrogen and oxygen atoms in total. The Morgan fingerprint density at radius 2 is 2.21 bits per heavy atom. The van der Waals surface area contributed by atoms with Crippen molar-refractivity contribution in [3.05, 3.63) is 21.4 Å². The van der Waals surface area contributed by atoms with Crippen molar-refractivity contribution < 1.29 is 9.84 Å². The third-order valence-corrected chi connectivity index (χ3v) is 4.48. The zero-order chi connectivity index (χ0) is 13.7. The summed E-state index contributed by atoms with van der Waals surface area (Å²) in [6.45, 7) is 6.82. The molecule has 2 N–H and O–H groups in total. The second-order valence-electron chi connectivity index (χ2n) is 5.73. The quantitative estimate of drug-likeness (QED) is 0.769. The lowest BCUT2D eigenvalue weighted by atomic mass is 10.2. The van der Waals surface area contributed by atoms with Gasteiger partial charge >= 0.3 is 0 Å². The standard InChI is InChI=1S/C15H25NO2S/c1-11(2)9-18-10-13(17)7-16-8-14-6-12-4-3-5-15(12)19-14/h6,11,13,16-17H,3-5,7-10H2,1-2H3. The highest BCUT2D eigenvalue weighted by molar-refractivity contribution is 7.12. The van der Waals surface area contributed by atoms with Gasteiger partial charge in [0.25, 0.3) is 0 Å². The molecule has 108 valence electrons. The van der Waals surface area contributed by atoms with Crippen LogP contribution in [0.4, 0.5) is 0 Å². The van der Waals surface area contributed by atoms with E-state index in [-0.39, 0.29) is 0 Å². The van der Waals surface area contributed by atoms with Crippen LogP contribution in [0.3, 0.4) is 0 Å². The number of fused-ring (bicyclic) bond motifs is 1. The highest BCUT2D eigenvalue weighted by Gasteiger charge is 2.14. The van der Waals surface area contributed by atoms with E-state index in [1.165, 1.54) is 24.1 Å². The Morgan fingerprint density at radius 1 is 1.37 bits per heavy atom. The van der Waals surface area contributed by atoms with Crippen molar-refractivity contribution in [1.29, 1.82) is 0 Å². The van der Waals surface area contributed by atoms with Crippen molar-refractivity contribution in [2.24, 2.45) is 5.92 Å². The molecule has 0 bridgehead atoms. The van der Waals surface area contributed by atoms with E-state index < -0.39 is 6.10 Å². The first-order valence-corrected chi connectivity index (χ1v) is 8.03. The van der Waals surface area contributed by atoms with Gasteiger partial charge in [-0.25, -0.2) is 0 Å². The number of ether oxygens (including phenoxy) is 1. The third-order valence-electron chi connectivity index (χ3n) is 3.24. The molecule has 0 radical (unpaired) electrons. The number of aliphatic hydroxyl groups excluding tert-OH is 1. The zero-order valence-electron chi connectivity index (χ0n) is 11.9. The number of rotatable bonds is 8. The topological polar surface area (TPSA) is 41.5 Å². The average molecular weight is 283 g/mol. The van der Waals surface area contributed by atoms with Gasteiger partial charge in [0.05, 0.1) is 12.7 Å². The van der Waals surface area contributed by atoms with Crippen molar-refractivity contribution in [2.75, 3.05) is 19.8 Å². The van der Waals surface area contributed by atoms with Crippen molar-refractivity contribution in [3.63, 3.8) is 0 Å². The maximum atomic E-state index is 9.77. The van der Waals surface area contributed by atoms with E-state index in [1.807, 2.05) is 11.3 Å². The Hall–Kier alpha value is -0.420. The molecule has 1 heterocycles. The van der Waals surface area contributed by atoms with Crippen molar-refractivity contribution in [2.45, 2.75) is 45.8 Å². The number of aliphatic hydroxyl groups is 1. The average Bonchev–Trinajstić information content (AvgIpc) is 2.88. The minimum absolute atomic E-state index is 0.412. The van der Waals surface area contributed by atoms with Crippen LogP contribution in [0.5, 0.6) is 0 Å². The number of hydrogen-bond donors (Lipinski definition) is 2. The SMILES string of the molecule is CC(C)COCC(O)CNCc1cc2c(s1)CCC2. The van der Waals surface area contributed by atoms with Crippen molar-refractivity contribution >= 4 is 11.3 Å². The molecular formula is C15H25NO2S. The van der Waals surface area contributed by atoms with Crippen LogP contribution in [0.15, 0.2) is 6.07 Å². The molecule has 0 aliphatic heterocycles. The van der Waals surface area contributed by atoms with Gasteiger partial charge in [-0.1, -0.05) is 13.8 Å². The Balaban J connectivity index is 1.60. The summed E-state index contributed by atoms with van der Waals surface area (Å²) in [5.74, 6) is 0.522. The Morgan fingerprint density at radius 3 is 2.95 bits per heavy atom. The fourth-order valence-corrected chi connectivity index (χ4v) is 3.57. The number of thiophene rings is 1. The summed E-state index contributed by atoms with van der Waals surface area (Å²) in [6, 6.07) is 2.32. The predicted molar refractivity (Wildman–Crippen MR) is 79.7 cm³/mol. The molecular weight excluding hydrogens is 258 g/mol. The van der Waals surface area contributed by atoms with Crippen molar-refractivity contribution in [3.8, 4) is 0 Å². The summed E-state index contributed by atoms with van der Waals surface area (Å²) >= 11 is 1.92. The van der Waals surface area contributed by atoms with Gasteiger partial charge in [-0.05, 0) is 36.8 Å². The molecule has 0 saturated heterocycles. The molecule has 1 aliphatic rings. The van der Waals surface area contributed by atoms with E-state index in [2.05, 4.69) is 25.2 Å². The van der Waals surface area contributed by atoms with E-state index in [0.717, 1.165) is 6.54 Å². The van der Waals surface area contributed by atoms with E-state index in [1.54, 1.807) is 10.4 Å². The van der Waals surface area contributed by atoms with Crippen molar-refractivity contribution in [1.82, 2.24) is 5.32 Å². The molecule has 19 heavy (non-hydrogen) atoms. The molecule has 0 aromatic carbocycles. The van der Waals surface area contributed by atoms with Crippen LogP contribution < -0.4 is 5.32 Å². The largest absolute Gasteiger partial charge is 0.389 e. The molecule has 4 heteroatoms. The van der Waals surface area contributed by atoms with Gasteiger partial charge in [-0.15, -0.1) is 11.3 Å². The molecule has 2 rings (SSSR count).